The zero-order chi connectivity index (χ0) is 24.4. The number of fused-ring (bicyclic) bond motifs is 2. The summed E-state index contributed by atoms with van der Waals surface area (Å²) in [5, 5.41) is 22.9. The summed E-state index contributed by atoms with van der Waals surface area (Å²) >= 11 is 0. The van der Waals surface area contributed by atoms with Crippen LogP contribution in [0, 0.1) is 17.5 Å². The number of likely N-dealkylation sites (tertiary alicyclic amines) is 1. The second kappa shape index (κ2) is 7.33. The summed E-state index contributed by atoms with van der Waals surface area (Å²) in [6.45, 7) is 0.209. The number of hydrogen-bond acceptors (Lipinski definition) is 5. The lowest BCUT2D eigenvalue weighted by Gasteiger charge is -2.44. The minimum absolute atomic E-state index is 0.00720. The molecule has 1 spiro atoms. The van der Waals surface area contributed by atoms with E-state index in [2.05, 4.69) is 5.32 Å². The minimum Gasteiger partial charge on any atom is -0.504 e. The minimum atomic E-state index is -1.85. The van der Waals surface area contributed by atoms with Crippen molar-refractivity contribution in [2.24, 2.45) is 0 Å². The molecule has 9 heteroatoms. The number of hydrogen-bond donors (Lipinski definition) is 3. The van der Waals surface area contributed by atoms with Crippen molar-refractivity contribution in [3.8, 4) is 11.5 Å². The lowest BCUT2D eigenvalue weighted by Crippen LogP contribution is -2.60. The second-order valence-electron chi connectivity index (χ2n) is 8.54. The fourth-order valence-electron chi connectivity index (χ4n) is 5.54. The highest BCUT2D eigenvalue weighted by molar-refractivity contribution is 6.16. The van der Waals surface area contributed by atoms with E-state index in [-0.39, 0.29) is 18.5 Å². The van der Waals surface area contributed by atoms with Crippen molar-refractivity contribution in [3.63, 3.8) is 0 Å². The van der Waals surface area contributed by atoms with Crippen molar-refractivity contribution in [2.75, 3.05) is 18.9 Å². The van der Waals surface area contributed by atoms with Crippen LogP contribution in [0.4, 0.5) is 18.9 Å². The maximum atomic E-state index is 14.9. The maximum absolute atomic E-state index is 14.9. The number of amides is 1. The number of halogens is 3. The number of aromatic hydroxyl groups is 2. The number of Topliss-reactive ketones (excluding diaryl/α,β-unsaturated/α-hetero) is 1. The number of ketones is 1. The molecule has 0 bridgehead atoms. The summed E-state index contributed by atoms with van der Waals surface area (Å²) in [6.07, 6.45) is -0.00720. The van der Waals surface area contributed by atoms with Crippen molar-refractivity contribution < 1.29 is 33.0 Å². The maximum Gasteiger partial charge on any atom is 0.251 e. The van der Waals surface area contributed by atoms with Gasteiger partial charge in [-0.15, -0.1) is 0 Å². The molecule has 34 heavy (non-hydrogen) atoms. The summed E-state index contributed by atoms with van der Waals surface area (Å²) in [7, 11) is 1.64. The Morgan fingerprint density at radius 3 is 2.47 bits per heavy atom. The number of nitrogens with one attached hydrogen (secondary N) is 1. The van der Waals surface area contributed by atoms with Gasteiger partial charge in [-0.2, -0.15) is 0 Å². The van der Waals surface area contributed by atoms with E-state index in [1.54, 1.807) is 36.2 Å². The van der Waals surface area contributed by atoms with Crippen molar-refractivity contribution in [2.45, 2.75) is 17.4 Å². The Balaban J connectivity index is 1.89. The van der Waals surface area contributed by atoms with Gasteiger partial charge in [0.15, 0.2) is 34.7 Å². The molecule has 3 aromatic carbocycles. The molecule has 2 atom stereocenters. The molecular formula is C25H19F3N2O4. The summed E-state index contributed by atoms with van der Waals surface area (Å²) in [6, 6.07) is 11.9. The standard InChI is InChI=1S/C25H19F3N2O4/c1-30-11-10-24(13-6-9-18(31)19(32)12-13,22(33)14-7-8-16(26)21(28)20(14)27)25(30)15-4-2-3-5-17(15)29-23(25)34/h2-9,12,31-32H,10-11H2,1H3,(H,29,34). The van der Waals surface area contributed by atoms with Crippen LogP contribution in [0.1, 0.15) is 27.9 Å². The van der Waals surface area contributed by atoms with E-state index in [1.165, 1.54) is 6.07 Å². The number of benzene rings is 3. The van der Waals surface area contributed by atoms with Gasteiger partial charge in [-0.05, 0) is 49.4 Å². The Bertz CT molecular complexity index is 1380. The SMILES string of the molecule is CN1CCC(C(=O)c2ccc(F)c(F)c2F)(c2ccc(O)c(O)c2)C12C(=O)Nc1ccccc12. The Labute approximate surface area is 192 Å². The number of para-hydroxylation sites is 1. The Morgan fingerprint density at radius 1 is 1.00 bits per heavy atom. The number of carbonyl (C=O) groups is 2. The molecule has 2 aliphatic rings. The van der Waals surface area contributed by atoms with Gasteiger partial charge in [0, 0.05) is 17.8 Å². The van der Waals surface area contributed by atoms with Gasteiger partial charge in [0.25, 0.3) is 5.91 Å². The normalized spacial score (nSPS) is 23.8. The smallest absolute Gasteiger partial charge is 0.251 e. The zero-order valence-corrected chi connectivity index (χ0v) is 17.9. The first-order valence-corrected chi connectivity index (χ1v) is 10.5. The van der Waals surface area contributed by atoms with Crippen molar-refractivity contribution in [1.29, 1.82) is 0 Å². The molecule has 6 nitrogen and oxygen atoms in total. The van der Waals surface area contributed by atoms with E-state index < -0.39 is 57.2 Å². The highest BCUT2D eigenvalue weighted by atomic mass is 19.2. The highest BCUT2D eigenvalue weighted by Crippen LogP contribution is 2.59. The average molecular weight is 468 g/mol. The van der Waals surface area contributed by atoms with Crippen LogP contribution in [0.2, 0.25) is 0 Å². The summed E-state index contributed by atoms with van der Waals surface area (Å²) in [4.78, 5) is 29.6. The van der Waals surface area contributed by atoms with Crippen LogP contribution < -0.4 is 5.32 Å². The van der Waals surface area contributed by atoms with Crippen molar-refractivity contribution in [3.05, 3.63) is 88.7 Å². The lowest BCUT2D eigenvalue weighted by atomic mass is 9.59. The van der Waals surface area contributed by atoms with Gasteiger partial charge in [-0.25, -0.2) is 13.2 Å². The molecule has 0 aliphatic carbocycles. The predicted molar refractivity (Wildman–Crippen MR) is 116 cm³/mol. The zero-order valence-electron chi connectivity index (χ0n) is 17.9. The van der Waals surface area contributed by atoms with Gasteiger partial charge in [-0.1, -0.05) is 24.3 Å². The first kappa shape index (κ1) is 22.0. The van der Waals surface area contributed by atoms with Gasteiger partial charge in [-0.3, -0.25) is 14.5 Å². The van der Waals surface area contributed by atoms with Crippen LogP contribution in [0.3, 0.4) is 0 Å². The van der Waals surface area contributed by atoms with Crippen LogP contribution in [0.5, 0.6) is 11.5 Å². The van der Waals surface area contributed by atoms with Gasteiger partial charge in [0.1, 0.15) is 5.54 Å². The van der Waals surface area contributed by atoms with E-state index >= 15 is 0 Å². The third-order valence-corrected chi connectivity index (χ3v) is 7.04. The Hall–Kier alpha value is -3.85. The number of phenols is 2. The molecule has 1 amide bonds. The summed E-state index contributed by atoms with van der Waals surface area (Å²) in [5.41, 5.74) is -3.25. The number of phenolic OH excluding ortho intramolecular Hbond substituents is 2. The molecular weight excluding hydrogens is 449 g/mol. The average Bonchev–Trinajstić information content (AvgIpc) is 3.30. The highest BCUT2D eigenvalue weighted by Gasteiger charge is 2.70. The van der Waals surface area contributed by atoms with Crippen LogP contribution in [-0.2, 0) is 15.7 Å². The molecule has 3 N–H and O–H groups in total. The summed E-state index contributed by atoms with van der Waals surface area (Å²) < 4.78 is 42.8. The first-order valence-electron chi connectivity index (χ1n) is 10.5. The van der Waals surface area contributed by atoms with E-state index in [9.17, 15) is 33.0 Å². The van der Waals surface area contributed by atoms with Gasteiger partial charge in [0.05, 0.1) is 11.0 Å². The summed E-state index contributed by atoms with van der Waals surface area (Å²) in [5.74, 6) is -7.43. The Kier molecular flexibility index (Phi) is 4.73. The molecule has 2 aliphatic heterocycles. The quantitative estimate of drug-likeness (QED) is 0.309. The predicted octanol–water partition coefficient (Wildman–Crippen LogP) is 3.82. The third-order valence-electron chi connectivity index (χ3n) is 7.04. The van der Waals surface area contributed by atoms with E-state index in [4.69, 9.17) is 0 Å². The van der Waals surface area contributed by atoms with E-state index in [1.807, 2.05) is 0 Å². The molecule has 1 saturated heterocycles. The first-order chi connectivity index (χ1) is 16.2. The molecule has 5 rings (SSSR count). The third kappa shape index (κ3) is 2.55. The van der Waals surface area contributed by atoms with Gasteiger partial charge >= 0.3 is 0 Å². The Morgan fingerprint density at radius 2 is 1.74 bits per heavy atom. The van der Waals surface area contributed by atoms with E-state index in [0.29, 0.717) is 17.3 Å². The van der Waals surface area contributed by atoms with Crippen LogP contribution in [0.15, 0.2) is 54.6 Å². The van der Waals surface area contributed by atoms with Gasteiger partial charge in [0.2, 0.25) is 0 Å². The number of rotatable bonds is 3. The van der Waals surface area contributed by atoms with Crippen LogP contribution in [0.25, 0.3) is 0 Å². The molecule has 3 aromatic rings. The fraction of sp³-hybridized carbons (Fsp3) is 0.200. The molecule has 1 fully saturated rings. The number of carbonyl (C=O) groups excluding carboxylic acids is 2. The number of nitrogens with zero attached hydrogens (tertiary/aromatic N) is 1. The largest absolute Gasteiger partial charge is 0.504 e. The van der Waals surface area contributed by atoms with E-state index in [0.717, 1.165) is 18.2 Å². The molecule has 0 saturated carbocycles. The topological polar surface area (TPSA) is 89.9 Å². The molecule has 2 heterocycles. The number of anilines is 1. The molecule has 0 aromatic heterocycles. The van der Waals surface area contributed by atoms with Crippen molar-refractivity contribution >= 4 is 17.4 Å². The molecule has 174 valence electrons. The molecule has 0 radical (unpaired) electrons. The lowest BCUT2D eigenvalue weighted by molar-refractivity contribution is -0.127. The second-order valence-corrected chi connectivity index (χ2v) is 8.54. The van der Waals surface area contributed by atoms with Crippen LogP contribution >= 0.6 is 0 Å². The fourth-order valence-corrected chi connectivity index (χ4v) is 5.54. The van der Waals surface area contributed by atoms with Crippen molar-refractivity contribution in [1.82, 2.24) is 4.90 Å². The number of likely N-dealkylation sites (N-methyl/N-ethyl adjacent to an activating group) is 1. The van der Waals surface area contributed by atoms with Crippen LogP contribution in [-0.4, -0.2) is 40.4 Å². The van der Waals surface area contributed by atoms with Gasteiger partial charge < -0.3 is 15.5 Å². The monoisotopic (exact) mass is 468 g/mol. The molecule has 2 unspecified atom stereocenters.